The van der Waals surface area contributed by atoms with Gasteiger partial charge >= 0.3 is 0 Å². The molecule has 2 amide bonds. The molecule has 3 unspecified atom stereocenters. The van der Waals surface area contributed by atoms with Gasteiger partial charge in [0.25, 0.3) is 5.91 Å². The number of hydrogen-bond acceptors (Lipinski definition) is 3. The van der Waals surface area contributed by atoms with Crippen LogP contribution in [-0.2, 0) is 4.79 Å². The fraction of sp³-hybridized carbons (Fsp3) is 0.355. The summed E-state index contributed by atoms with van der Waals surface area (Å²) >= 11 is 0. The Morgan fingerprint density at radius 1 is 0.865 bits per heavy atom. The summed E-state index contributed by atoms with van der Waals surface area (Å²) in [6, 6.07) is 23.9. The van der Waals surface area contributed by atoms with Crippen LogP contribution in [0.5, 0.6) is 0 Å². The van der Waals surface area contributed by atoms with Crippen molar-refractivity contribution in [3.8, 4) is 0 Å². The van der Waals surface area contributed by atoms with E-state index in [1.807, 2.05) is 54.6 Å². The normalized spacial score (nSPS) is 26.5. The van der Waals surface area contributed by atoms with E-state index in [4.69, 9.17) is 0 Å². The molecule has 3 aromatic carbocycles. The Balaban J connectivity index is 1.28. The number of amides is 2. The molecule has 2 fully saturated rings. The van der Waals surface area contributed by atoms with Crippen molar-refractivity contribution in [3.63, 3.8) is 0 Å². The van der Waals surface area contributed by atoms with Gasteiger partial charge in [0.05, 0.1) is 18.0 Å². The second-order valence-corrected chi connectivity index (χ2v) is 10.5. The van der Waals surface area contributed by atoms with Crippen LogP contribution >= 0.6 is 0 Å². The summed E-state index contributed by atoms with van der Waals surface area (Å²) in [5.41, 5.74) is 3.81. The van der Waals surface area contributed by atoms with Gasteiger partial charge in [-0.15, -0.1) is 0 Å². The van der Waals surface area contributed by atoms with Crippen LogP contribution in [-0.4, -0.2) is 29.3 Å². The molecule has 3 aromatic rings. The summed E-state index contributed by atoms with van der Waals surface area (Å²) in [7, 11) is 0. The average molecular weight is 498 g/mol. The minimum atomic E-state index is -0.249. The van der Waals surface area contributed by atoms with Crippen molar-refractivity contribution >= 4 is 17.5 Å². The fourth-order valence-electron chi connectivity index (χ4n) is 6.63. The Hall–Kier alpha value is -3.67. The number of hydrogen-bond donors (Lipinski definition) is 2. The van der Waals surface area contributed by atoms with E-state index in [0.717, 1.165) is 48.9 Å². The van der Waals surface area contributed by atoms with Crippen LogP contribution in [0.15, 0.2) is 78.9 Å². The molecule has 5 atom stereocenters. The number of nitrogens with zero attached hydrogens (tertiary/aromatic N) is 1. The zero-order valence-corrected chi connectivity index (χ0v) is 20.8. The second kappa shape index (κ2) is 10.0. The van der Waals surface area contributed by atoms with E-state index in [1.165, 1.54) is 12.1 Å². The molecule has 190 valence electrons. The minimum Gasteiger partial charge on any atom is -0.378 e. The number of para-hydroxylation sites is 1. The first-order valence-electron chi connectivity index (χ1n) is 13.4. The fourth-order valence-corrected chi connectivity index (χ4v) is 6.63. The van der Waals surface area contributed by atoms with Gasteiger partial charge < -0.3 is 15.5 Å². The van der Waals surface area contributed by atoms with E-state index in [-0.39, 0.29) is 47.6 Å². The Bertz CT molecular complexity index is 1280. The first kappa shape index (κ1) is 23.7. The van der Waals surface area contributed by atoms with E-state index in [2.05, 4.69) is 27.7 Å². The summed E-state index contributed by atoms with van der Waals surface area (Å²) in [6.45, 7) is 0.678. The van der Waals surface area contributed by atoms with Gasteiger partial charge in [-0.25, -0.2) is 4.39 Å². The highest BCUT2D eigenvalue weighted by atomic mass is 19.1. The van der Waals surface area contributed by atoms with E-state index in [9.17, 15) is 14.0 Å². The van der Waals surface area contributed by atoms with Gasteiger partial charge in [0.1, 0.15) is 5.82 Å². The number of anilines is 1. The molecule has 3 aliphatic rings. The standard InChI is InChI=1S/C31H32FN3O2/c32-22-16-14-20(15-17-22)28-25-18-19-35(29(25)23-10-4-6-12-26(23)33-28)31(37)24-11-5-7-13-27(24)34-30(36)21-8-2-1-3-9-21/h1-4,6,8-10,12,14-17,24-25,27-29,33H,5,7,11,13,18-19H2,(H,34,36)/t24-,25?,27+,28?,29?/m0/s1. The summed E-state index contributed by atoms with van der Waals surface area (Å²) in [5.74, 6) is -0.273. The molecule has 0 radical (unpaired) electrons. The van der Waals surface area contributed by atoms with Crippen molar-refractivity contribution in [1.29, 1.82) is 0 Å². The van der Waals surface area contributed by atoms with Crippen LogP contribution in [0.2, 0.25) is 0 Å². The highest BCUT2D eigenvalue weighted by molar-refractivity contribution is 5.95. The van der Waals surface area contributed by atoms with Crippen molar-refractivity contribution in [2.75, 3.05) is 11.9 Å². The number of likely N-dealkylation sites (tertiary alicyclic amines) is 1. The molecule has 6 rings (SSSR count). The van der Waals surface area contributed by atoms with Gasteiger partial charge in [-0.05, 0) is 60.7 Å². The monoisotopic (exact) mass is 497 g/mol. The lowest BCUT2D eigenvalue weighted by Gasteiger charge is -2.42. The third-order valence-electron chi connectivity index (χ3n) is 8.41. The summed E-state index contributed by atoms with van der Waals surface area (Å²) < 4.78 is 13.7. The van der Waals surface area contributed by atoms with Crippen molar-refractivity contribution in [2.24, 2.45) is 11.8 Å². The maximum absolute atomic E-state index is 14.2. The van der Waals surface area contributed by atoms with Crippen molar-refractivity contribution in [2.45, 2.75) is 50.2 Å². The topological polar surface area (TPSA) is 61.4 Å². The number of halogens is 1. The van der Waals surface area contributed by atoms with Gasteiger partial charge in [-0.2, -0.15) is 0 Å². The number of rotatable bonds is 4. The minimum absolute atomic E-state index is 0.00163. The summed E-state index contributed by atoms with van der Waals surface area (Å²) in [4.78, 5) is 29.2. The SMILES string of the molecule is O=C(N[C@@H]1CCCC[C@@H]1C(=O)N1CCC2C(c3ccc(F)cc3)Nc3ccccc3C21)c1ccccc1. The smallest absolute Gasteiger partial charge is 0.251 e. The molecule has 1 aliphatic carbocycles. The van der Waals surface area contributed by atoms with Crippen molar-refractivity contribution in [1.82, 2.24) is 10.2 Å². The predicted molar refractivity (Wildman–Crippen MR) is 141 cm³/mol. The molecular weight excluding hydrogens is 465 g/mol. The number of carbonyl (C=O) groups is 2. The zero-order valence-electron chi connectivity index (χ0n) is 20.8. The molecule has 1 saturated carbocycles. The molecule has 2 heterocycles. The summed E-state index contributed by atoms with van der Waals surface area (Å²) in [5, 5.41) is 6.87. The summed E-state index contributed by atoms with van der Waals surface area (Å²) in [6.07, 6.45) is 4.47. The maximum atomic E-state index is 14.2. The lowest BCUT2D eigenvalue weighted by atomic mass is 9.79. The van der Waals surface area contributed by atoms with E-state index in [1.54, 1.807) is 0 Å². The number of carbonyl (C=O) groups excluding carboxylic acids is 2. The lowest BCUT2D eigenvalue weighted by Crippen LogP contribution is -2.50. The molecule has 0 spiro atoms. The molecule has 2 aliphatic heterocycles. The van der Waals surface area contributed by atoms with E-state index in [0.29, 0.717) is 12.1 Å². The molecular formula is C31H32FN3O2. The van der Waals surface area contributed by atoms with Crippen molar-refractivity contribution in [3.05, 3.63) is 101 Å². The zero-order chi connectivity index (χ0) is 25.4. The van der Waals surface area contributed by atoms with E-state index < -0.39 is 0 Å². The quantitative estimate of drug-likeness (QED) is 0.474. The number of fused-ring (bicyclic) bond motifs is 3. The van der Waals surface area contributed by atoms with Gasteiger partial charge in [0.15, 0.2) is 0 Å². The predicted octanol–water partition coefficient (Wildman–Crippen LogP) is 5.87. The first-order valence-corrected chi connectivity index (χ1v) is 13.4. The Kier molecular flexibility index (Phi) is 6.41. The second-order valence-electron chi connectivity index (χ2n) is 10.5. The average Bonchev–Trinajstić information content (AvgIpc) is 3.39. The third-order valence-corrected chi connectivity index (χ3v) is 8.41. The highest BCUT2D eigenvalue weighted by Crippen LogP contribution is 2.51. The maximum Gasteiger partial charge on any atom is 0.251 e. The third kappa shape index (κ3) is 4.50. The van der Waals surface area contributed by atoms with Gasteiger partial charge in [0.2, 0.25) is 5.91 Å². The lowest BCUT2D eigenvalue weighted by molar-refractivity contribution is -0.138. The molecule has 6 heteroatoms. The van der Waals surface area contributed by atoms with Gasteiger partial charge in [0, 0.05) is 29.8 Å². The first-order chi connectivity index (χ1) is 18.1. The molecule has 2 N–H and O–H groups in total. The van der Waals surface area contributed by atoms with Crippen LogP contribution in [0, 0.1) is 17.7 Å². The Labute approximate surface area is 217 Å². The van der Waals surface area contributed by atoms with Crippen LogP contribution in [0.3, 0.4) is 0 Å². The molecule has 37 heavy (non-hydrogen) atoms. The van der Waals surface area contributed by atoms with Crippen LogP contribution in [0.25, 0.3) is 0 Å². The number of nitrogens with one attached hydrogen (secondary N) is 2. The van der Waals surface area contributed by atoms with Gasteiger partial charge in [-0.1, -0.05) is 61.4 Å². The highest BCUT2D eigenvalue weighted by Gasteiger charge is 2.48. The van der Waals surface area contributed by atoms with Crippen LogP contribution < -0.4 is 10.6 Å². The molecule has 0 bridgehead atoms. The molecule has 5 nitrogen and oxygen atoms in total. The van der Waals surface area contributed by atoms with Crippen LogP contribution in [0.1, 0.15) is 65.7 Å². The van der Waals surface area contributed by atoms with E-state index >= 15 is 0 Å². The van der Waals surface area contributed by atoms with Gasteiger partial charge in [-0.3, -0.25) is 9.59 Å². The number of benzene rings is 3. The van der Waals surface area contributed by atoms with Crippen molar-refractivity contribution < 1.29 is 14.0 Å². The largest absolute Gasteiger partial charge is 0.378 e. The Morgan fingerprint density at radius 2 is 1.59 bits per heavy atom. The molecule has 0 aromatic heterocycles. The Morgan fingerprint density at radius 3 is 2.41 bits per heavy atom. The molecule has 1 saturated heterocycles. The van der Waals surface area contributed by atoms with Crippen LogP contribution in [0.4, 0.5) is 10.1 Å².